The highest BCUT2D eigenvalue weighted by Crippen LogP contribution is 2.59. The number of nitrogens with zero attached hydrogens (tertiary/aromatic N) is 5. The molecule has 3 aliphatic rings. The topological polar surface area (TPSA) is 72.4 Å². The van der Waals surface area contributed by atoms with Crippen molar-refractivity contribution in [1.82, 2.24) is 24.6 Å². The smallest absolute Gasteiger partial charge is 0.402 e. The standard InChI is InChI=1S/C24H33F3N6O/c1-13(2)33-19(7-18(30-33)14-6-20(22(28)29-8-14)34-24(25,26)27)21-16-11-31(12-17(16)21)15-9-32(10-15)23(3,4)5/h6-8,13,15-17,21H,9-12H2,1-5H3,(H2,28,29)/t16-,17+,21+. The third-order valence-electron chi connectivity index (χ3n) is 7.55. The van der Waals surface area contributed by atoms with E-state index >= 15 is 0 Å². The Labute approximate surface area is 198 Å². The summed E-state index contributed by atoms with van der Waals surface area (Å²) >= 11 is 0. The van der Waals surface area contributed by atoms with Gasteiger partial charge < -0.3 is 10.5 Å². The van der Waals surface area contributed by atoms with Crippen LogP contribution >= 0.6 is 0 Å². The second-order valence-electron chi connectivity index (χ2n) is 11.2. The largest absolute Gasteiger partial charge is 0.573 e. The minimum atomic E-state index is -4.83. The summed E-state index contributed by atoms with van der Waals surface area (Å²) in [7, 11) is 0. The van der Waals surface area contributed by atoms with E-state index in [9.17, 15) is 13.2 Å². The second-order valence-corrected chi connectivity index (χ2v) is 11.2. The minimum Gasteiger partial charge on any atom is -0.402 e. The minimum absolute atomic E-state index is 0.140. The number of nitrogen functional groups attached to an aromatic ring is 1. The Morgan fingerprint density at radius 3 is 2.26 bits per heavy atom. The Morgan fingerprint density at radius 2 is 1.71 bits per heavy atom. The molecule has 2 aromatic rings. The number of nitrogens with two attached hydrogens (primary N) is 1. The summed E-state index contributed by atoms with van der Waals surface area (Å²) in [6.07, 6.45) is -3.39. The molecule has 0 radical (unpaired) electrons. The Hall–Kier alpha value is -2.33. The van der Waals surface area contributed by atoms with Gasteiger partial charge in [0.15, 0.2) is 11.6 Å². The zero-order chi connectivity index (χ0) is 24.6. The van der Waals surface area contributed by atoms with Crippen molar-refractivity contribution in [2.45, 2.75) is 64.5 Å². The van der Waals surface area contributed by atoms with Gasteiger partial charge in [-0.25, -0.2) is 4.98 Å². The zero-order valence-electron chi connectivity index (χ0n) is 20.3. The third-order valence-corrected chi connectivity index (χ3v) is 7.55. The van der Waals surface area contributed by atoms with E-state index in [1.165, 1.54) is 12.3 Å². The van der Waals surface area contributed by atoms with Crippen LogP contribution in [0.2, 0.25) is 0 Å². The lowest BCUT2D eigenvalue weighted by atomic mass is 9.96. The number of aromatic nitrogens is 3. The zero-order valence-corrected chi connectivity index (χ0v) is 20.3. The number of hydrogen-bond acceptors (Lipinski definition) is 6. The van der Waals surface area contributed by atoms with Crippen LogP contribution in [0.25, 0.3) is 11.3 Å². The van der Waals surface area contributed by atoms with Gasteiger partial charge in [0.05, 0.1) is 5.69 Å². The van der Waals surface area contributed by atoms with Crippen LogP contribution in [0.4, 0.5) is 19.0 Å². The van der Waals surface area contributed by atoms with Crippen molar-refractivity contribution in [3.63, 3.8) is 0 Å². The van der Waals surface area contributed by atoms with E-state index in [2.05, 4.69) is 54.1 Å². The molecular formula is C24H33F3N6O. The van der Waals surface area contributed by atoms with Gasteiger partial charge in [-0.05, 0) is 58.6 Å². The number of rotatable bonds is 5. The van der Waals surface area contributed by atoms with Crippen molar-refractivity contribution < 1.29 is 17.9 Å². The fourth-order valence-corrected chi connectivity index (χ4v) is 5.54. The van der Waals surface area contributed by atoms with Gasteiger partial charge >= 0.3 is 6.36 Å². The van der Waals surface area contributed by atoms with Crippen LogP contribution in [0.5, 0.6) is 5.75 Å². The molecule has 3 fully saturated rings. The second kappa shape index (κ2) is 7.84. The predicted octanol–water partition coefficient (Wildman–Crippen LogP) is 4.13. The first kappa shape index (κ1) is 23.4. The first-order valence-corrected chi connectivity index (χ1v) is 11.9. The maximum atomic E-state index is 12.7. The molecule has 2 aromatic heterocycles. The van der Waals surface area contributed by atoms with Gasteiger partial charge in [-0.2, -0.15) is 5.10 Å². The third kappa shape index (κ3) is 4.26. The van der Waals surface area contributed by atoms with Crippen molar-refractivity contribution in [1.29, 1.82) is 0 Å². The molecule has 4 heterocycles. The lowest BCUT2D eigenvalue weighted by Gasteiger charge is -2.51. The Balaban J connectivity index is 1.31. The Bertz CT molecular complexity index is 1060. The molecule has 7 nitrogen and oxygen atoms in total. The molecular weight excluding hydrogens is 445 g/mol. The molecule has 5 rings (SSSR count). The van der Waals surface area contributed by atoms with Crippen LogP contribution in [-0.2, 0) is 0 Å². The molecule has 0 aromatic carbocycles. The van der Waals surface area contributed by atoms with E-state index in [0.29, 0.717) is 35.1 Å². The molecule has 0 unspecified atom stereocenters. The molecule has 1 aliphatic carbocycles. The van der Waals surface area contributed by atoms with Crippen LogP contribution < -0.4 is 10.5 Å². The average molecular weight is 479 g/mol. The van der Waals surface area contributed by atoms with Crippen molar-refractivity contribution in [2.75, 3.05) is 31.9 Å². The number of fused-ring (bicyclic) bond motifs is 1. The Morgan fingerprint density at radius 1 is 1.06 bits per heavy atom. The summed E-state index contributed by atoms with van der Waals surface area (Å²) in [6.45, 7) is 15.4. The quantitative estimate of drug-likeness (QED) is 0.697. The van der Waals surface area contributed by atoms with Crippen LogP contribution in [0.1, 0.15) is 52.3 Å². The van der Waals surface area contributed by atoms with E-state index in [1.54, 1.807) is 0 Å². The van der Waals surface area contributed by atoms with Gasteiger partial charge in [0.25, 0.3) is 0 Å². The van der Waals surface area contributed by atoms with E-state index in [4.69, 9.17) is 10.8 Å². The van der Waals surface area contributed by atoms with Crippen molar-refractivity contribution in [2.24, 2.45) is 11.8 Å². The van der Waals surface area contributed by atoms with Gasteiger partial charge in [0, 0.05) is 67.2 Å². The number of halogens is 3. The monoisotopic (exact) mass is 478 g/mol. The average Bonchev–Trinajstić information content (AvgIpc) is 3.02. The molecule has 186 valence electrons. The molecule has 1 saturated carbocycles. The highest BCUT2D eigenvalue weighted by Gasteiger charge is 2.59. The SMILES string of the molecule is CC(C)n1nc(-c2cnc(N)c(OC(F)(F)F)c2)cc1[C@H]1[C@@H]2CN(C3CN(C(C)(C)C)C3)C[C@@H]21. The van der Waals surface area contributed by atoms with Crippen LogP contribution in [0.15, 0.2) is 18.3 Å². The van der Waals surface area contributed by atoms with Crippen LogP contribution in [-0.4, -0.2) is 68.7 Å². The van der Waals surface area contributed by atoms with E-state index in [0.717, 1.165) is 31.9 Å². The lowest BCUT2D eigenvalue weighted by molar-refractivity contribution is -0.274. The molecule has 2 aliphatic heterocycles. The molecule has 2 saturated heterocycles. The number of piperidine rings is 1. The first-order valence-electron chi connectivity index (χ1n) is 11.9. The molecule has 2 N–H and O–H groups in total. The van der Waals surface area contributed by atoms with Gasteiger partial charge in [0.2, 0.25) is 0 Å². The lowest BCUT2D eigenvalue weighted by Crippen LogP contribution is -2.64. The highest BCUT2D eigenvalue weighted by atomic mass is 19.4. The number of anilines is 1. The number of hydrogen-bond donors (Lipinski definition) is 1. The van der Waals surface area contributed by atoms with Gasteiger partial charge in [0.1, 0.15) is 0 Å². The summed E-state index contributed by atoms with van der Waals surface area (Å²) in [6, 6.07) is 4.05. The number of likely N-dealkylation sites (tertiary alicyclic amines) is 2. The predicted molar refractivity (Wildman–Crippen MR) is 123 cm³/mol. The van der Waals surface area contributed by atoms with Crippen molar-refractivity contribution in [3.05, 3.63) is 24.0 Å². The van der Waals surface area contributed by atoms with Gasteiger partial charge in [-0.3, -0.25) is 14.5 Å². The molecule has 0 bridgehead atoms. The van der Waals surface area contributed by atoms with Crippen LogP contribution in [0.3, 0.4) is 0 Å². The highest BCUT2D eigenvalue weighted by molar-refractivity contribution is 5.64. The van der Waals surface area contributed by atoms with E-state index in [-0.39, 0.29) is 17.4 Å². The van der Waals surface area contributed by atoms with Crippen LogP contribution in [0, 0.1) is 11.8 Å². The summed E-state index contributed by atoms with van der Waals surface area (Å²) in [5.74, 6) is 0.849. The summed E-state index contributed by atoms with van der Waals surface area (Å²) in [5.41, 5.74) is 8.02. The van der Waals surface area contributed by atoms with E-state index in [1.807, 2.05) is 10.7 Å². The van der Waals surface area contributed by atoms with Crippen molar-refractivity contribution in [3.8, 4) is 17.0 Å². The molecule has 0 amide bonds. The first-order chi connectivity index (χ1) is 15.8. The molecule has 3 atom stereocenters. The number of alkyl halides is 3. The summed E-state index contributed by atoms with van der Waals surface area (Å²) < 4.78 is 44.3. The maximum Gasteiger partial charge on any atom is 0.573 e. The fraction of sp³-hybridized carbons (Fsp3) is 0.667. The summed E-state index contributed by atoms with van der Waals surface area (Å²) in [5, 5.41) is 4.73. The van der Waals surface area contributed by atoms with E-state index < -0.39 is 12.1 Å². The number of pyridine rings is 1. The normalized spacial score (nSPS) is 26.1. The van der Waals surface area contributed by atoms with Gasteiger partial charge in [-0.15, -0.1) is 13.2 Å². The van der Waals surface area contributed by atoms with Crippen molar-refractivity contribution >= 4 is 5.82 Å². The number of ether oxygens (including phenoxy) is 1. The Kier molecular flexibility index (Phi) is 5.40. The maximum absolute atomic E-state index is 12.7. The fourth-order valence-electron chi connectivity index (χ4n) is 5.54. The molecule has 10 heteroatoms. The summed E-state index contributed by atoms with van der Waals surface area (Å²) in [4.78, 5) is 9.06. The van der Waals surface area contributed by atoms with Gasteiger partial charge in [-0.1, -0.05) is 0 Å². The molecule has 0 spiro atoms. The molecule has 34 heavy (non-hydrogen) atoms.